The minimum atomic E-state index is -1.09. The standard InChI is InChI=1S/C16H17Cl2NO3/c1-19-13(9-6-10(17)8-11(18)7-9)16(15(21)22)5-3-2-4-12(16)14(19)20/h6-8,12-13H,2-5H2,1H3,(H,21,22)/t12-,13+,16-/m0/s1. The van der Waals surface area contributed by atoms with Gasteiger partial charge in [0.1, 0.15) is 5.41 Å². The fourth-order valence-corrected chi connectivity index (χ4v) is 4.76. The number of nitrogens with zero attached hydrogens (tertiary/aromatic N) is 1. The van der Waals surface area contributed by atoms with Gasteiger partial charge in [-0.2, -0.15) is 0 Å². The molecule has 2 aliphatic rings. The number of carbonyl (C=O) groups excluding carboxylic acids is 1. The van der Waals surface area contributed by atoms with Gasteiger partial charge in [0.05, 0.1) is 12.0 Å². The van der Waals surface area contributed by atoms with Crippen LogP contribution >= 0.6 is 23.2 Å². The number of hydrogen-bond donors (Lipinski definition) is 1. The SMILES string of the molecule is CN1C(=O)[C@@H]2CCCC[C@@]2(C(=O)O)[C@H]1c1cc(Cl)cc(Cl)c1. The van der Waals surface area contributed by atoms with Crippen LogP contribution in [0.3, 0.4) is 0 Å². The molecule has 22 heavy (non-hydrogen) atoms. The molecule has 1 heterocycles. The Morgan fingerprint density at radius 2 is 1.91 bits per heavy atom. The van der Waals surface area contributed by atoms with Crippen molar-refractivity contribution in [2.75, 3.05) is 7.05 Å². The van der Waals surface area contributed by atoms with Crippen LogP contribution in [0.4, 0.5) is 0 Å². The van der Waals surface area contributed by atoms with Crippen LogP contribution < -0.4 is 0 Å². The number of carbonyl (C=O) groups is 2. The Morgan fingerprint density at radius 1 is 1.27 bits per heavy atom. The van der Waals surface area contributed by atoms with E-state index in [4.69, 9.17) is 23.2 Å². The quantitative estimate of drug-likeness (QED) is 0.890. The number of amides is 1. The van der Waals surface area contributed by atoms with Crippen molar-refractivity contribution < 1.29 is 14.7 Å². The highest BCUT2D eigenvalue weighted by molar-refractivity contribution is 6.34. The van der Waals surface area contributed by atoms with Crippen LogP contribution in [0.25, 0.3) is 0 Å². The molecule has 1 aromatic rings. The van der Waals surface area contributed by atoms with Crippen molar-refractivity contribution in [3.63, 3.8) is 0 Å². The summed E-state index contributed by atoms with van der Waals surface area (Å²) in [6.07, 6.45) is 2.83. The van der Waals surface area contributed by atoms with Crippen LogP contribution in [-0.4, -0.2) is 28.9 Å². The van der Waals surface area contributed by atoms with E-state index >= 15 is 0 Å². The van der Waals surface area contributed by atoms with Gasteiger partial charge in [-0.25, -0.2) is 0 Å². The first-order valence-electron chi connectivity index (χ1n) is 7.34. The molecule has 3 atom stereocenters. The molecule has 1 saturated carbocycles. The van der Waals surface area contributed by atoms with Crippen molar-refractivity contribution >= 4 is 35.1 Å². The van der Waals surface area contributed by atoms with E-state index in [-0.39, 0.29) is 5.91 Å². The van der Waals surface area contributed by atoms with Crippen molar-refractivity contribution in [3.05, 3.63) is 33.8 Å². The maximum absolute atomic E-state index is 12.6. The van der Waals surface area contributed by atoms with E-state index in [1.54, 1.807) is 30.1 Å². The molecule has 0 bridgehead atoms. The van der Waals surface area contributed by atoms with Gasteiger partial charge in [-0.15, -0.1) is 0 Å². The molecule has 1 N–H and O–H groups in total. The molecule has 1 aliphatic heterocycles. The topological polar surface area (TPSA) is 57.6 Å². The summed E-state index contributed by atoms with van der Waals surface area (Å²) >= 11 is 12.2. The summed E-state index contributed by atoms with van der Waals surface area (Å²) in [5.41, 5.74) is -0.391. The Kier molecular flexibility index (Phi) is 3.86. The average molecular weight is 342 g/mol. The molecule has 1 saturated heterocycles. The van der Waals surface area contributed by atoms with E-state index in [9.17, 15) is 14.7 Å². The smallest absolute Gasteiger partial charge is 0.312 e. The monoisotopic (exact) mass is 341 g/mol. The Bertz CT molecular complexity index is 628. The van der Waals surface area contributed by atoms with Crippen molar-refractivity contribution in [2.24, 2.45) is 11.3 Å². The van der Waals surface area contributed by atoms with E-state index in [1.807, 2.05) is 0 Å². The van der Waals surface area contributed by atoms with Crippen molar-refractivity contribution in [3.8, 4) is 0 Å². The van der Waals surface area contributed by atoms with Gasteiger partial charge in [-0.1, -0.05) is 36.0 Å². The Balaban J connectivity index is 2.18. The largest absolute Gasteiger partial charge is 0.481 e. The highest BCUT2D eigenvalue weighted by atomic mass is 35.5. The Labute approximate surface area is 139 Å². The third-order valence-corrected chi connectivity index (χ3v) is 5.51. The lowest BCUT2D eigenvalue weighted by atomic mass is 9.63. The van der Waals surface area contributed by atoms with E-state index in [1.165, 1.54) is 0 Å². The van der Waals surface area contributed by atoms with Crippen molar-refractivity contribution in [1.82, 2.24) is 4.90 Å². The maximum atomic E-state index is 12.6. The Hall–Kier alpha value is -1.26. The second-order valence-corrected chi connectivity index (χ2v) is 7.07. The highest BCUT2D eigenvalue weighted by Crippen LogP contribution is 2.58. The molecule has 4 nitrogen and oxygen atoms in total. The number of carboxylic acid groups (broad SMARTS) is 1. The molecule has 0 spiro atoms. The van der Waals surface area contributed by atoms with Crippen molar-refractivity contribution in [1.29, 1.82) is 0 Å². The zero-order valence-electron chi connectivity index (χ0n) is 12.2. The van der Waals surface area contributed by atoms with Crippen LogP contribution in [0.1, 0.15) is 37.3 Å². The predicted molar refractivity (Wildman–Crippen MR) is 84.0 cm³/mol. The lowest BCUT2D eigenvalue weighted by Crippen LogP contribution is -2.43. The second-order valence-electron chi connectivity index (χ2n) is 6.20. The summed E-state index contributed by atoms with van der Waals surface area (Å²) in [4.78, 5) is 26.3. The van der Waals surface area contributed by atoms with Crippen molar-refractivity contribution in [2.45, 2.75) is 31.7 Å². The molecule has 6 heteroatoms. The third-order valence-electron chi connectivity index (χ3n) is 5.07. The maximum Gasteiger partial charge on any atom is 0.312 e. The summed E-state index contributed by atoms with van der Waals surface area (Å²) in [6.45, 7) is 0. The van der Waals surface area contributed by atoms with E-state index < -0.39 is 23.3 Å². The summed E-state index contributed by atoms with van der Waals surface area (Å²) < 4.78 is 0. The normalized spacial score (nSPS) is 31.2. The fraction of sp³-hybridized carbons (Fsp3) is 0.500. The number of carboxylic acids is 1. The highest BCUT2D eigenvalue weighted by Gasteiger charge is 2.63. The van der Waals surface area contributed by atoms with E-state index in [0.717, 1.165) is 12.8 Å². The number of halogens is 2. The van der Waals surface area contributed by atoms with Crippen LogP contribution in [0.15, 0.2) is 18.2 Å². The molecule has 1 aromatic carbocycles. The van der Waals surface area contributed by atoms with Gasteiger partial charge in [0.15, 0.2) is 0 Å². The number of hydrogen-bond acceptors (Lipinski definition) is 2. The summed E-state index contributed by atoms with van der Waals surface area (Å²) in [7, 11) is 1.67. The molecule has 1 amide bonds. The van der Waals surface area contributed by atoms with Gasteiger partial charge in [0.25, 0.3) is 0 Å². The summed E-state index contributed by atoms with van der Waals surface area (Å²) in [5, 5.41) is 10.9. The van der Waals surface area contributed by atoms with Gasteiger partial charge in [-0.3, -0.25) is 9.59 Å². The molecular formula is C16H17Cl2NO3. The summed E-state index contributed by atoms with van der Waals surface area (Å²) in [5.74, 6) is -1.47. The first-order valence-corrected chi connectivity index (χ1v) is 8.09. The molecule has 0 radical (unpaired) electrons. The molecule has 118 valence electrons. The first kappa shape index (κ1) is 15.6. The molecule has 0 aromatic heterocycles. The molecule has 1 aliphatic carbocycles. The van der Waals surface area contributed by atoms with E-state index in [0.29, 0.717) is 28.5 Å². The molecule has 2 fully saturated rings. The number of rotatable bonds is 2. The minimum absolute atomic E-state index is 0.0943. The third kappa shape index (κ3) is 2.12. The zero-order valence-corrected chi connectivity index (χ0v) is 13.7. The number of likely N-dealkylation sites (tertiary alicyclic amines) is 1. The van der Waals surface area contributed by atoms with Gasteiger partial charge in [-0.05, 0) is 36.6 Å². The lowest BCUT2D eigenvalue weighted by molar-refractivity contribution is -0.156. The molecule has 0 unspecified atom stereocenters. The fourth-order valence-electron chi connectivity index (χ4n) is 4.21. The van der Waals surface area contributed by atoms with Crippen LogP contribution in [0.2, 0.25) is 10.0 Å². The molecular weight excluding hydrogens is 325 g/mol. The number of benzene rings is 1. The minimum Gasteiger partial charge on any atom is -0.481 e. The number of aliphatic carboxylic acids is 1. The lowest BCUT2D eigenvalue weighted by Gasteiger charge is -2.38. The van der Waals surface area contributed by atoms with Crippen LogP contribution in [-0.2, 0) is 9.59 Å². The average Bonchev–Trinajstić information content (AvgIpc) is 2.68. The zero-order chi connectivity index (χ0) is 16.1. The predicted octanol–water partition coefficient (Wildman–Crippen LogP) is 3.77. The number of fused-ring (bicyclic) bond motifs is 1. The second kappa shape index (κ2) is 5.43. The molecule has 3 rings (SSSR count). The van der Waals surface area contributed by atoms with Gasteiger partial charge < -0.3 is 10.0 Å². The van der Waals surface area contributed by atoms with Crippen LogP contribution in [0.5, 0.6) is 0 Å². The Morgan fingerprint density at radius 3 is 2.50 bits per heavy atom. The first-order chi connectivity index (χ1) is 10.4. The van der Waals surface area contributed by atoms with Crippen LogP contribution in [0, 0.1) is 11.3 Å². The van der Waals surface area contributed by atoms with Gasteiger partial charge in [0, 0.05) is 17.1 Å². The van der Waals surface area contributed by atoms with E-state index in [2.05, 4.69) is 0 Å². The summed E-state index contributed by atoms with van der Waals surface area (Å²) in [6, 6.07) is 4.50. The van der Waals surface area contributed by atoms with Gasteiger partial charge >= 0.3 is 5.97 Å². The van der Waals surface area contributed by atoms with Gasteiger partial charge in [0.2, 0.25) is 5.91 Å².